The maximum absolute atomic E-state index is 12.9. The van der Waals surface area contributed by atoms with Gasteiger partial charge in [0.25, 0.3) is 0 Å². The first-order valence-electron chi connectivity index (χ1n) is 6.64. The molecule has 0 N–H and O–H groups in total. The molecule has 1 saturated heterocycles. The fraction of sp³-hybridized carbons (Fsp3) is 0.231. The summed E-state index contributed by atoms with van der Waals surface area (Å²) in [6.07, 6.45) is 0. The lowest BCUT2D eigenvalue weighted by molar-refractivity contribution is 0.237. The van der Waals surface area contributed by atoms with Crippen molar-refractivity contribution in [2.45, 2.75) is 8.81 Å². The zero-order valence-electron chi connectivity index (χ0n) is 12.0. The average molecular weight is 392 g/mol. The van der Waals surface area contributed by atoms with Gasteiger partial charge in [0.1, 0.15) is 0 Å². The highest BCUT2D eigenvalue weighted by Gasteiger charge is 2.52. The molecule has 1 fully saturated rings. The fourth-order valence-corrected chi connectivity index (χ4v) is 9.13. The Labute approximate surface area is 139 Å². The van der Waals surface area contributed by atoms with Crippen LogP contribution < -0.4 is 0 Å². The van der Waals surface area contributed by atoms with Crippen molar-refractivity contribution in [3.8, 4) is 0 Å². The Morgan fingerprint density at radius 2 is 1.38 bits per heavy atom. The molecule has 8 nitrogen and oxygen atoms in total. The van der Waals surface area contributed by atoms with Crippen molar-refractivity contribution in [2.75, 3.05) is 13.2 Å². The van der Waals surface area contributed by atoms with Gasteiger partial charge in [-0.2, -0.15) is 16.8 Å². The zero-order valence-corrected chi connectivity index (χ0v) is 14.5. The number of rotatable bonds is 2. The second kappa shape index (κ2) is 5.77. The van der Waals surface area contributed by atoms with Crippen LogP contribution in [0.3, 0.4) is 0 Å². The second-order valence-corrected chi connectivity index (χ2v) is 11.2. The molecule has 0 bridgehead atoms. The number of fused-ring (bicyclic) bond motifs is 1. The molecule has 0 atom stereocenters. The quantitative estimate of drug-likeness (QED) is 0.681. The molecule has 0 amide bonds. The van der Waals surface area contributed by atoms with Gasteiger partial charge in [-0.15, -0.1) is 0 Å². The molecule has 0 radical (unpaired) electrons. The van der Waals surface area contributed by atoms with Crippen molar-refractivity contribution in [1.82, 2.24) is 0 Å². The molecule has 1 aliphatic heterocycles. The highest BCUT2D eigenvalue weighted by atomic mass is 32.3. The predicted octanol–water partition coefficient (Wildman–Crippen LogP) is 0.604. The van der Waals surface area contributed by atoms with Crippen LogP contribution in [-0.4, -0.2) is 42.4 Å². The molecule has 2 aromatic carbocycles. The number of hydrogen-bond acceptors (Lipinski definition) is 8. The average Bonchev–Trinajstić information content (AvgIpc) is 2.61. The van der Waals surface area contributed by atoms with Crippen LogP contribution in [0.15, 0.2) is 47.4 Å². The van der Waals surface area contributed by atoms with Crippen LogP contribution in [0, 0.1) is 0 Å². The number of benzene rings is 2. The Balaban J connectivity index is 2.33. The Kier molecular flexibility index (Phi) is 4.16. The number of sulfone groups is 1. The van der Waals surface area contributed by atoms with Crippen molar-refractivity contribution in [1.29, 1.82) is 0 Å². The van der Waals surface area contributed by atoms with Crippen molar-refractivity contribution >= 4 is 40.8 Å². The van der Waals surface area contributed by atoms with Crippen LogP contribution >= 0.6 is 0 Å². The minimum Gasteiger partial charge on any atom is -0.266 e. The minimum atomic E-state index is -4.94. The predicted molar refractivity (Wildman–Crippen MR) is 84.7 cm³/mol. The van der Waals surface area contributed by atoms with Crippen molar-refractivity contribution in [3.05, 3.63) is 42.5 Å². The van der Waals surface area contributed by atoms with E-state index in [0.29, 0.717) is 5.39 Å². The zero-order chi connectivity index (χ0) is 17.6. The Morgan fingerprint density at radius 3 is 2.00 bits per heavy atom. The van der Waals surface area contributed by atoms with Gasteiger partial charge < -0.3 is 0 Å². The lowest BCUT2D eigenvalue weighted by atomic mass is 10.1. The van der Waals surface area contributed by atoms with E-state index < -0.39 is 52.1 Å². The maximum atomic E-state index is 12.9. The lowest BCUT2D eigenvalue weighted by Crippen LogP contribution is -2.38. The van der Waals surface area contributed by atoms with Crippen LogP contribution in [-0.2, 0) is 38.4 Å². The molecule has 3 rings (SSSR count). The highest BCUT2D eigenvalue weighted by molar-refractivity contribution is 8.21. The summed E-state index contributed by atoms with van der Waals surface area (Å²) in [4.78, 5) is -0.424. The third kappa shape index (κ3) is 2.82. The lowest BCUT2D eigenvalue weighted by Gasteiger charge is -2.15. The van der Waals surface area contributed by atoms with Gasteiger partial charge in [-0.3, -0.25) is 8.37 Å². The molecular weight excluding hydrogens is 380 g/mol. The monoisotopic (exact) mass is 392 g/mol. The third-order valence-electron chi connectivity index (χ3n) is 3.36. The van der Waals surface area contributed by atoms with Crippen LogP contribution in [0.25, 0.3) is 10.8 Å². The molecule has 0 aromatic heterocycles. The van der Waals surface area contributed by atoms with Gasteiger partial charge in [-0.05, 0) is 11.5 Å². The normalized spacial score (nSPS) is 21.3. The van der Waals surface area contributed by atoms with Crippen LogP contribution in [0.1, 0.15) is 0 Å². The van der Waals surface area contributed by atoms with Crippen molar-refractivity contribution in [2.24, 2.45) is 0 Å². The Bertz CT molecular complexity index is 1060. The Hall–Kier alpha value is -1.53. The van der Waals surface area contributed by atoms with E-state index in [1.165, 1.54) is 12.1 Å². The molecule has 130 valence electrons. The smallest absolute Gasteiger partial charge is 0.266 e. The summed E-state index contributed by atoms with van der Waals surface area (Å²) in [5.74, 6) is 0. The fourth-order valence-electron chi connectivity index (χ4n) is 2.41. The van der Waals surface area contributed by atoms with Crippen molar-refractivity contribution in [3.63, 3.8) is 0 Å². The van der Waals surface area contributed by atoms with Crippen molar-refractivity contribution < 1.29 is 33.6 Å². The standard InChI is InChI=1S/C13H12O8S3/c14-22(15,12-7-3-5-10-4-1-2-6-11(10)12)13-23(16,17)20-8-9-21-24(13,18)19/h1-7,13H,8-9H2. The molecular formula is C13H12O8S3. The van der Waals surface area contributed by atoms with Gasteiger partial charge in [0.05, 0.1) is 18.1 Å². The molecule has 1 aliphatic rings. The largest absolute Gasteiger partial charge is 0.316 e. The second-order valence-electron chi connectivity index (χ2n) is 4.94. The van der Waals surface area contributed by atoms with E-state index in [1.54, 1.807) is 24.3 Å². The summed E-state index contributed by atoms with van der Waals surface area (Å²) in [7, 11) is -14.7. The molecule has 0 unspecified atom stereocenters. The third-order valence-corrected chi connectivity index (χ3v) is 11.1. The summed E-state index contributed by atoms with van der Waals surface area (Å²) in [5, 5.41) is 0.721. The topological polar surface area (TPSA) is 121 Å². The summed E-state index contributed by atoms with van der Waals surface area (Å²) >= 11 is 0. The van der Waals surface area contributed by atoms with Gasteiger partial charge in [-0.25, -0.2) is 8.42 Å². The first-order chi connectivity index (χ1) is 11.2. The van der Waals surface area contributed by atoms with E-state index in [-0.39, 0.29) is 5.39 Å². The molecule has 0 aliphatic carbocycles. The van der Waals surface area contributed by atoms with Gasteiger partial charge in [0.15, 0.2) is 0 Å². The molecule has 0 saturated carbocycles. The van der Waals surface area contributed by atoms with E-state index in [2.05, 4.69) is 8.37 Å². The van der Waals surface area contributed by atoms with E-state index in [0.717, 1.165) is 6.07 Å². The SMILES string of the molecule is O=S1(=O)OCCOS(=O)(=O)C1S(=O)(=O)c1cccc2ccccc12. The first-order valence-corrected chi connectivity index (χ1v) is 11.1. The molecule has 0 spiro atoms. The van der Waals surface area contributed by atoms with E-state index in [4.69, 9.17) is 0 Å². The minimum absolute atomic E-state index is 0.203. The van der Waals surface area contributed by atoms with E-state index in [1.807, 2.05) is 0 Å². The molecule has 1 heterocycles. The number of hydrogen-bond donors (Lipinski definition) is 0. The first kappa shape index (κ1) is 17.3. The summed E-state index contributed by atoms with van der Waals surface area (Å²) in [5.41, 5.74) is 0. The van der Waals surface area contributed by atoms with Gasteiger partial charge >= 0.3 is 24.2 Å². The molecule has 2 aromatic rings. The van der Waals surface area contributed by atoms with Gasteiger partial charge in [0, 0.05) is 5.39 Å². The van der Waals surface area contributed by atoms with Crippen LogP contribution in [0.2, 0.25) is 0 Å². The highest BCUT2D eigenvalue weighted by Crippen LogP contribution is 2.32. The van der Waals surface area contributed by atoms with Crippen LogP contribution in [0.4, 0.5) is 0 Å². The molecule has 11 heteroatoms. The van der Waals surface area contributed by atoms with Gasteiger partial charge in [-0.1, -0.05) is 36.4 Å². The summed E-state index contributed by atoms with van der Waals surface area (Å²) in [6, 6.07) is 10.5. The van der Waals surface area contributed by atoms with Crippen LogP contribution in [0.5, 0.6) is 0 Å². The Morgan fingerprint density at radius 1 is 0.833 bits per heavy atom. The van der Waals surface area contributed by atoms with E-state index in [9.17, 15) is 25.3 Å². The summed E-state index contributed by atoms with van der Waals surface area (Å²) < 4.78 is 80.2. The maximum Gasteiger partial charge on any atom is 0.316 e. The van der Waals surface area contributed by atoms with Gasteiger partial charge in [0.2, 0.25) is 9.84 Å². The molecule has 24 heavy (non-hydrogen) atoms. The van der Waals surface area contributed by atoms with E-state index >= 15 is 0 Å². The summed E-state index contributed by atoms with van der Waals surface area (Å²) in [6.45, 7) is -1.16.